The zero-order valence-electron chi connectivity index (χ0n) is 11.2. The second-order valence-corrected chi connectivity index (χ2v) is 5.62. The van der Waals surface area contributed by atoms with Gasteiger partial charge in [-0.2, -0.15) is 0 Å². The molecule has 2 nitrogen and oxygen atoms in total. The number of aryl methyl sites for hydroxylation is 1. The van der Waals surface area contributed by atoms with Gasteiger partial charge in [0.25, 0.3) is 0 Å². The van der Waals surface area contributed by atoms with Crippen molar-refractivity contribution < 1.29 is 9.47 Å². The van der Waals surface area contributed by atoms with Crippen LogP contribution in [0.4, 0.5) is 0 Å². The molecule has 1 aliphatic carbocycles. The summed E-state index contributed by atoms with van der Waals surface area (Å²) in [6, 6.07) is 8.52. The molecule has 1 aliphatic heterocycles. The van der Waals surface area contributed by atoms with Crippen molar-refractivity contribution >= 4 is 0 Å². The molecule has 1 unspecified atom stereocenters. The van der Waals surface area contributed by atoms with Crippen LogP contribution in [-0.2, 0) is 11.2 Å². The predicted molar refractivity (Wildman–Crippen MR) is 72.0 cm³/mol. The van der Waals surface area contributed by atoms with Crippen LogP contribution >= 0.6 is 0 Å². The third-order valence-electron chi connectivity index (χ3n) is 4.35. The summed E-state index contributed by atoms with van der Waals surface area (Å²) < 4.78 is 12.0. The van der Waals surface area contributed by atoms with Gasteiger partial charge in [-0.25, -0.2) is 0 Å². The molecule has 1 heterocycles. The maximum absolute atomic E-state index is 6.11. The van der Waals surface area contributed by atoms with Gasteiger partial charge < -0.3 is 9.47 Å². The van der Waals surface area contributed by atoms with Gasteiger partial charge in [0, 0.05) is 12.8 Å². The van der Waals surface area contributed by atoms with Crippen molar-refractivity contribution in [2.45, 2.75) is 57.2 Å². The van der Waals surface area contributed by atoms with Gasteiger partial charge in [0.2, 0.25) is 0 Å². The van der Waals surface area contributed by atoms with E-state index in [1.54, 1.807) is 0 Å². The molecule has 18 heavy (non-hydrogen) atoms. The van der Waals surface area contributed by atoms with E-state index in [2.05, 4.69) is 31.2 Å². The summed E-state index contributed by atoms with van der Waals surface area (Å²) in [4.78, 5) is 0. The summed E-state index contributed by atoms with van der Waals surface area (Å²) in [5.41, 5.74) is 1.54. The SMILES string of the molecule is CCc1ccc(OC2CCOC3(CCC3)C2)cc1. The van der Waals surface area contributed by atoms with Crippen LogP contribution in [0.15, 0.2) is 24.3 Å². The van der Waals surface area contributed by atoms with E-state index >= 15 is 0 Å². The largest absolute Gasteiger partial charge is 0.490 e. The fraction of sp³-hybridized carbons (Fsp3) is 0.625. The van der Waals surface area contributed by atoms with Gasteiger partial charge in [0.1, 0.15) is 11.9 Å². The van der Waals surface area contributed by atoms with Crippen LogP contribution in [0.2, 0.25) is 0 Å². The first-order chi connectivity index (χ1) is 8.80. The van der Waals surface area contributed by atoms with Crippen molar-refractivity contribution in [3.8, 4) is 5.75 Å². The fourth-order valence-electron chi connectivity index (χ4n) is 3.00. The molecular formula is C16H22O2. The lowest BCUT2D eigenvalue weighted by Crippen LogP contribution is -2.48. The molecule has 0 aromatic heterocycles. The van der Waals surface area contributed by atoms with E-state index in [0.29, 0.717) is 6.10 Å². The van der Waals surface area contributed by atoms with Gasteiger partial charge in [0.05, 0.1) is 12.2 Å². The second kappa shape index (κ2) is 4.93. The Hall–Kier alpha value is -1.02. The molecule has 0 N–H and O–H groups in total. The third-order valence-corrected chi connectivity index (χ3v) is 4.35. The standard InChI is InChI=1S/C16H22O2/c1-2-13-4-6-14(7-5-13)18-15-8-11-17-16(12-15)9-3-10-16/h4-7,15H,2-3,8-12H2,1H3. The zero-order chi connectivity index (χ0) is 12.4. The Labute approximate surface area is 109 Å². The van der Waals surface area contributed by atoms with Gasteiger partial charge in [0.15, 0.2) is 0 Å². The Bertz CT molecular complexity index is 392. The highest BCUT2D eigenvalue weighted by Crippen LogP contribution is 2.43. The Morgan fingerprint density at radius 3 is 2.67 bits per heavy atom. The van der Waals surface area contributed by atoms with E-state index in [-0.39, 0.29) is 5.60 Å². The average molecular weight is 246 g/mol. The summed E-state index contributed by atoms with van der Waals surface area (Å²) in [5.74, 6) is 1.01. The lowest BCUT2D eigenvalue weighted by molar-refractivity contribution is -0.153. The quantitative estimate of drug-likeness (QED) is 0.809. The van der Waals surface area contributed by atoms with Crippen LogP contribution in [0.1, 0.15) is 44.6 Å². The van der Waals surface area contributed by atoms with Crippen molar-refractivity contribution in [1.82, 2.24) is 0 Å². The molecule has 1 aromatic carbocycles. The van der Waals surface area contributed by atoms with Crippen molar-refractivity contribution in [3.63, 3.8) is 0 Å². The van der Waals surface area contributed by atoms with Gasteiger partial charge >= 0.3 is 0 Å². The molecule has 0 bridgehead atoms. The Balaban J connectivity index is 1.61. The van der Waals surface area contributed by atoms with Crippen LogP contribution in [-0.4, -0.2) is 18.3 Å². The van der Waals surface area contributed by atoms with Crippen LogP contribution in [0.5, 0.6) is 5.75 Å². The first-order valence-corrected chi connectivity index (χ1v) is 7.19. The lowest BCUT2D eigenvalue weighted by atomic mass is 9.74. The molecule has 2 fully saturated rings. The summed E-state index contributed by atoms with van der Waals surface area (Å²) in [6.07, 6.45) is 7.29. The topological polar surface area (TPSA) is 18.5 Å². The van der Waals surface area contributed by atoms with Gasteiger partial charge in [-0.3, -0.25) is 0 Å². The van der Waals surface area contributed by atoms with E-state index in [1.165, 1.54) is 24.8 Å². The smallest absolute Gasteiger partial charge is 0.119 e. The number of rotatable bonds is 3. The minimum absolute atomic E-state index is 0.173. The fourth-order valence-corrected chi connectivity index (χ4v) is 3.00. The number of benzene rings is 1. The van der Waals surface area contributed by atoms with Crippen LogP contribution < -0.4 is 4.74 Å². The van der Waals surface area contributed by atoms with E-state index in [0.717, 1.165) is 31.6 Å². The van der Waals surface area contributed by atoms with Gasteiger partial charge in [-0.1, -0.05) is 19.1 Å². The van der Waals surface area contributed by atoms with Crippen LogP contribution in [0, 0.1) is 0 Å². The Kier molecular flexibility index (Phi) is 3.29. The number of ether oxygens (including phenoxy) is 2. The molecule has 1 spiro atoms. The second-order valence-electron chi connectivity index (χ2n) is 5.62. The summed E-state index contributed by atoms with van der Waals surface area (Å²) >= 11 is 0. The normalized spacial score (nSPS) is 25.7. The lowest BCUT2D eigenvalue weighted by Gasteiger charge is -2.46. The Morgan fingerprint density at radius 2 is 2.06 bits per heavy atom. The van der Waals surface area contributed by atoms with Crippen LogP contribution in [0.25, 0.3) is 0 Å². The predicted octanol–water partition coefficient (Wildman–Crippen LogP) is 3.73. The molecule has 1 atom stereocenters. The van der Waals surface area contributed by atoms with E-state index < -0.39 is 0 Å². The highest BCUT2D eigenvalue weighted by molar-refractivity contribution is 5.27. The van der Waals surface area contributed by atoms with E-state index in [1.807, 2.05) is 0 Å². The zero-order valence-corrected chi connectivity index (χ0v) is 11.2. The highest BCUT2D eigenvalue weighted by Gasteiger charge is 2.43. The summed E-state index contributed by atoms with van der Waals surface area (Å²) in [5, 5.41) is 0. The molecule has 0 radical (unpaired) electrons. The van der Waals surface area contributed by atoms with Gasteiger partial charge in [-0.15, -0.1) is 0 Å². The van der Waals surface area contributed by atoms with Crippen molar-refractivity contribution in [2.24, 2.45) is 0 Å². The van der Waals surface area contributed by atoms with E-state index in [9.17, 15) is 0 Å². The van der Waals surface area contributed by atoms with Crippen LogP contribution in [0.3, 0.4) is 0 Å². The number of hydrogen-bond acceptors (Lipinski definition) is 2. The third kappa shape index (κ3) is 2.39. The maximum atomic E-state index is 6.11. The maximum Gasteiger partial charge on any atom is 0.119 e. The number of hydrogen-bond donors (Lipinski definition) is 0. The van der Waals surface area contributed by atoms with Crippen molar-refractivity contribution in [3.05, 3.63) is 29.8 Å². The minimum atomic E-state index is 0.173. The molecule has 3 rings (SSSR count). The van der Waals surface area contributed by atoms with E-state index in [4.69, 9.17) is 9.47 Å². The molecule has 0 amide bonds. The molecule has 2 heteroatoms. The monoisotopic (exact) mass is 246 g/mol. The first-order valence-electron chi connectivity index (χ1n) is 7.19. The molecular weight excluding hydrogens is 224 g/mol. The summed E-state index contributed by atoms with van der Waals surface area (Å²) in [7, 11) is 0. The van der Waals surface area contributed by atoms with Crippen molar-refractivity contribution in [2.75, 3.05) is 6.61 Å². The first kappa shape index (κ1) is 12.0. The minimum Gasteiger partial charge on any atom is -0.490 e. The molecule has 1 saturated heterocycles. The summed E-state index contributed by atoms with van der Waals surface area (Å²) in [6.45, 7) is 3.03. The Morgan fingerprint density at radius 1 is 1.28 bits per heavy atom. The molecule has 1 aromatic rings. The highest BCUT2D eigenvalue weighted by atomic mass is 16.5. The molecule has 1 saturated carbocycles. The molecule has 2 aliphatic rings. The van der Waals surface area contributed by atoms with Gasteiger partial charge in [-0.05, 0) is 43.4 Å². The molecule has 98 valence electrons. The van der Waals surface area contributed by atoms with Crippen molar-refractivity contribution in [1.29, 1.82) is 0 Å². The average Bonchev–Trinajstić information content (AvgIpc) is 2.38.